The summed E-state index contributed by atoms with van der Waals surface area (Å²) in [6.45, 7) is 3.65. The van der Waals surface area contributed by atoms with E-state index in [0.717, 1.165) is 44.7 Å². The van der Waals surface area contributed by atoms with E-state index in [-0.39, 0.29) is 5.95 Å². The van der Waals surface area contributed by atoms with Gasteiger partial charge in [-0.25, -0.2) is 0 Å². The molecule has 0 fully saturated rings. The van der Waals surface area contributed by atoms with Crippen molar-refractivity contribution in [2.75, 3.05) is 31.3 Å². The van der Waals surface area contributed by atoms with E-state index in [9.17, 15) is 0 Å². The Hall–Kier alpha value is -1.43. The summed E-state index contributed by atoms with van der Waals surface area (Å²) in [6.07, 6.45) is 4.03. The number of anilines is 2. The molecule has 3 N–H and O–H groups in total. The van der Waals surface area contributed by atoms with Crippen LogP contribution in [0.2, 0.25) is 0 Å². The fourth-order valence-electron chi connectivity index (χ4n) is 1.42. The molecule has 0 radical (unpaired) electrons. The van der Waals surface area contributed by atoms with E-state index in [1.54, 1.807) is 7.11 Å². The fourth-order valence-corrected chi connectivity index (χ4v) is 1.42. The minimum absolute atomic E-state index is 0.277. The third-order valence-electron chi connectivity index (χ3n) is 2.32. The Balaban J connectivity index is 2.28. The van der Waals surface area contributed by atoms with Crippen molar-refractivity contribution in [1.29, 1.82) is 0 Å². The first-order chi connectivity index (χ1) is 8.26. The van der Waals surface area contributed by atoms with Crippen LogP contribution in [0.3, 0.4) is 0 Å². The standard InChI is InChI=1S/C11H21N5O/c1-3-9-14-10(12)16-11(15-9)13-7-5-4-6-8-17-2/h3-8H2,1-2H3,(H3,12,13,14,15,16). The number of nitrogens with zero attached hydrogens (tertiary/aromatic N) is 3. The molecule has 0 bridgehead atoms. The van der Waals surface area contributed by atoms with E-state index in [2.05, 4.69) is 20.3 Å². The summed E-state index contributed by atoms with van der Waals surface area (Å²) < 4.78 is 4.98. The molecular weight excluding hydrogens is 218 g/mol. The van der Waals surface area contributed by atoms with Gasteiger partial charge in [-0.15, -0.1) is 0 Å². The van der Waals surface area contributed by atoms with E-state index in [1.807, 2.05) is 6.92 Å². The smallest absolute Gasteiger partial charge is 0.227 e. The van der Waals surface area contributed by atoms with Gasteiger partial charge in [0.25, 0.3) is 0 Å². The van der Waals surface area contributed by atoms with E-state index < -0.39 is 0 Å². The average Bonchev–Trinajstić information content (AvgIpc) is 2.33. The highest BCUT2D eigenvalue weighted by atomic mass is 16.5. The van der Waals surface area contributed by atoms with Crippen LogP contribution >= 0.6 is 0 Å². The number of nitrogen functional groups attached to an aromatic ring is 1. The summed E-state index contributed by atoms with van der Waals surface area (Å²) in [7, 11) is 1.72. The van der Waals surface area contributed by atoms with Crippen LogP contribution in [-0.4, -0.2) is 35.2 Å². The van der Waals surface area contributed by atoms with Crippen molar-refractivity contribution in [2.45, 2.75) is 32.6 Å². The zero-order valence-corrected chi connectivity index (χ0v) is 10.6. The number of nitrogens with two attached hydrogens (primary N) is 1. The van der Waals surface area contributed by atoms with E-state index >= 15 is 0 Å². The van der Waals surface area contributed by atoms with Gasteiger partial charge in [0.15, 0.2) is 0 Å². The van der Waals surface area contributed by atoms with Crippen LogP contribution in [0.25, 0.3) is 0 Å². The van der Waals surface area contributed by atoms with Gasteiger partial charge in [-0.05, 0) is 19.3 Å². The highest BCUT2D eigenvalue weighted by molar-refractivity contribution is 5.30. The Morgan fingerprint density at radius 1 is 1.18 bits per heavy atom. The number of aryl methyl sites for hydroxylation is 1. The average molecular weight is 239 g/mol. The molecule has 17 heavy (non-hydrogen) atoms. The van der Waals surface area contributed by atoms with Crippen LogP contribution in [0.15, 0.2) is 0 Å². The monoisotopic (exact) mass is 239 g/mol. The maximum Gasteiger partial charge on any atom is 0.227 e. The van der Waals surface area contributed by atoms with Crippen LogP contribution < -0.4 is 11.1 Å². The molecule has 96 valence electrons. The van der Waals surface area contributed by atoms with Crippen molar-refractivity contribution in [3.8, 4) is 0 Å². The van der Waals surface area contributed by atoms with Crippen molar-refractivity contribution in [3.05, 3.63) is 5.82 Å². The SMILES string of the molecule is CCc1nc(N)nc(NCCCCCOC)n1. The van der Waals surface area contributed by atoms with Gasteiger partial charge in [0, 0.05) is 26.7 Å². The number of hydrogen-bond donors (Lipinski definition) is 2. The second kappa shape index (κ2) is 7.78. The molecule has 0 saturated carbocycles. The van der Waals surface area contributed by atoms with Crippen molar-refractivity contribution in [2.24, 2.45) is 0 Å². The maximum atomic E-state index is 5.59. The van der Waals surface area contributed by atoms with Crippen LogP contribution in [0.4, 0.5) is 11.9 Å². The molecule has 1 rings (SSSR count). The molecule has 0 aliphatic carbocycles. The molecule has 1 aromatic heterocycles. The zero-order valence-electron chi connectivity index (χ0n) is 10.6. The lowest BCUT2D eigenvalue weighted by molar-refractivity contribution is 0.192. The first-order valence-corrected chi connectivity index (χ1v) is 5.99. The summed E-state index contributed by atoms with van der Waals surface area (Å²) in [5, 5.41) is 3.15. The quantitative estimate of drug-likeness (QED) is 0.664. The molecule has 0 amide bonds. The first-order valence-electron chi connectivity index (χ1n) is 5.99. The second-order valence-corrected chi connectivity index (χ2v) is 3.77. The summed E-state index contributed by atoms with van der Waals surface area (Å²) >= 11 is 0. The van der Waals surface area contributed by atoms with Gasteiger partial charge in [0.2, 0.25) is 11.9 Å². The molecule has 6 heteroatoms. The van der Waals surface area contributed by atoms with Gasteiger partial charge in [0.05, 0.1) is 0 Å². The van der Waals surface area contributed by atoms with Crippen molar-refractivity contribution in [3.63, 3.8) is 0 Å². The minimum atomic E-state index is 0.277. The predicted octanol–water partition coefficient (Wildman–Crippen LogP) is 1.24. The van der Waals surface area contributed by atoms with Crippen LogP contribution in [0.5, 0.6) is 0 Å². The van der Waals surface area contributed by atoms with Gasteiger partial charge in [-0.2, -0.15) is 15.0 Å². The highest BCUT2D eigenvalue weighted by Gasteiger charge is 2.01. The van der Waals surface area contributed by atoms with Gasteiger partial charge in [-0.3, -0.25) is 0 Å². The van der Waals surface area contributed by atoms with Crippen LogP contribution in [0, 0.1) is 0 Å². The topological polar surface area (TPSA) is 86.0 Å². The van der Waals surface area contributed by atoms with E-state index in [4.69, 9.17) is 10.5 Å². The molecule has 1 aromatic rings. The Kier molecular flexibility index (Phi) is 6.24. The Bertz CT molecular complexity index is 332. The van der Waals surface area contributed by atoms with Crippen molar-refractivity contribution < 1.29 is 4.74 Å². The van der Waals surface area contributed by atoms with Crippen LogP contribution in [-0.2, 0) is 11.2 Å². The summed E-state index contributed by atoms with van der Waals surface area (Å²) in [5.41, 5.74) is 5.59. The molecule has 1 heterocycles. The molecule has 0 saturated heterocycles. The van der Waals surface area contributed by atoms with Gasteiger partial charge >= 0.3 is 0 Å². The van der Waals surface area contributed by atoms with Crippen molar-refractivity contribution in [1.82, 2.24) is 15.0 Å². The van der Waals surface area contributed by atoms with E-state index in [0.29, 0.717) is 5.95 Å². The number of methoxy groups -OCH3 is 1. The number of hydrogen-bond acceptors (Lipinski definition) is 6. The molecule has 0 spiro atoms. The molecular formula is C11H21N5O. The normalized spacial score (nSPS) is 10.5. The maximum absolute atomic E-state index is 5.59. The Morgan fingerprint density at radius 2 is 2.00 bits per heavy atom. The lowest BCUT2D eigenvalue weighted by Gasteiger charge is -2.06. The van der Waals surface area contributed by atoms with Gasteiger partial charge in [0.1, 0.15) is 5.82 Å². The molecule has 0 aliphatic rings. The molecule has 0 atom stereocenters. The largest absolute Gasteiger partial charge is 0.385 e. The molecule has 6 nitrogen and oxygen atoms in total. The number of ether oxygens (including phenoxy) is 1. The van der Waals surface area contributed by atoms with Crippen LogP contribution in [0.1, 0.15) is 32.0 Å². The second-order valence-electron chi connectivity index (χ2n) is 3.77. The first kappa shape index (κ1) is 13.6. The number of rotatable bonds is 8. The zero-order chi connectivity index (χ0) is 12.5. The van der Waals surface area contributed by atoms with E-state index in [1.165, 1.54) is 0 Å². The number of nitrogens with one attached hydrogen (secondary N) is 1. The minimum Gasteiger partial charge on any atom is -0.385 e. The summed E-state index contributed by atoms with van der Waals surface area (Å²) in [4.78, 5) is 12.3. The summed E-state index contributed by atoms with van der Waals surface area (Å²) in [5.74, 6) is 1.57. The Labute approximate surface area is 102 Å². The van der Waals surface area contributed by atoms with Crippen molar-refractivity contribution >= 4 is 11.9 Å². The fraction of sp³-hybridized carbons (Fsp3) is 0.727. The molecule has 0 unspecified atom stereocenters. The third kappa shape index (κ3) is 5.44. The summed E-state index contributed by atoms with van der Waals surface area (Å²) in [6, 6.07) is 0. The highest BCUT2D eigenvalue weighted by Crippen LogP contribution is 2.04. The van der Waals surface area contributed by atoms with Gasteiger partial charge < -0.3 is 15.8 Å². The number of aromatic nitrogens is 3. The predicted molar refractivity (Wildman–Crippen MR) is 67.8 cm³/mol. The third-order valence-corrected chi connectivity index (χ3v) is 2.32. The van der Waals surface area contributed by atoms with Gasteiger partial charge in [-0.1, -0.05) is 6.92 Å². The molecule has 0 aromatic carbocycles. The lowest BCUT2D eigenvalue weighted by atomic mass is 10.2. The Morgan fingerprint density at radius 3 is 2.71 bits per heavy atom. The number of unbranched alkanes of at least 4 members (excludes halogenated alkanes) is 2. The molecule has 0 aliphatic heterocycles. The lowest BCUT2D eigenvalue weighted by Crippen LogP contribution is -2.10.